The average Bonchev–Trinajstić information content (AvgIpc) is 2.94. The van der Waals surface area contributed by atoms with E-state index in [2.05, 4.69) is 4.98 Å². The van der Waals surface area contributed by atoms with Gasteiger partial charge in [-0.1, -0.05) is 11.6 Å². The van der Waals surface area contributed by atoms with Crippen molar-refractivity contribution in [3.05, 3.63) is 76.4 Å². The van der Waals surface area contributed by atoms with Gasteiger partial charge in [0.1, 0.15) is 11.3 Å². The molecule has 0 bridgehead atoms. The highest BCUT2D eigenvalue weighted by Gasteiger charge is 2.38. The first-order valence-corrected chi connectivity index (χ1v) is 13.9. The summed E-state index contributed by atoms with van der Waals surface area (Å²) in [5, 5.41) is 10.6. The number of anilines is 2. The van der Waals surface area contributed by atoms with Crippen LogP contribution in [-0.2, 0) is 22.2 Å². The van der Waals surface area contributed by atoms with Crippen molar-refractivity contribution < 1.29 is 46.1 Å². The quantitative estimate of drug-likeness (QED) is 0.206. The van der Waals surface area contributed by atoms with E-state index in [0.717, 1.165) is 18.3 Å². The Morgan fingerprint density at radius 2 is 1.80 bits per heavy atom. The predicted octanol–water partition coefficient (Wildman–Crippen LogP) is 7.27. The van der Waals surface area contributed by atoms with Gasteiger partial charge in [-0.3, -0.25) is 4.90 Å². The van der Waals surface area contributed by atoms with Gasteiger partial charge in [0.05, 0.1) is 37.1 Å². The van der Waals surface area contributed by atoms with E-state index in [1.54, 1.807) is 29.2 Å². The summed E-state index contributed by atoms with van der Waals surface area (Å²) in [5.74, 6) is -5.29. The van der Waals surface area contributed by atoms with Crippen molar-refractivity contribution in [3.63, 3.8) is 0 Å². The molecule has 1 fully saturated rings. The van der Waals surface area contributed by atoms with Crippen molar-refractivity contribution >= 4 is 28.9 Å². The molecule has 1 aromatic heterocycles. The summed E-state index contributed by atoms with van der Waals surface area (Å²) in [4.78, 5) is 19.3. The lowest BCUT2D eigenvalue weighted by Crippen LogP contribution is -2.42. The maximum absolute atomic E-state index is 14.1. The molecule has 1 N–H and O–H groups in total. The van der Waals surface area contributed by atoms with Gasteiger partial charge in [0.25, 0.3) is 5.92 Å². The number of alkyl halides is 5. The highest BCUT2D eigenvalue weighted by atomic mass is 35.5. The summed E-state index contributed by atoms with van der Waals surface area (Å²) in [5.41, 5.74) is -0.643. The molecule has 8 nitrogen and oxygen atoms in total. The molecular weight excluding hydrogens is 613 g/mol. The van der Waals surface area contributed by atoms with Gasteiger partial charge >= 0.3 is 12.1 Å². The number of carboxylic acid groups (broad SMARTS) is 1. The molecular formula is C30H31ClF5N3O5. The highest BCUT2D eigenvalue weighted by molar-refractivity contribution is 6.30. The zero-order valence-electron chi connectivity index (χ0n) is 23.9. The summed E-state index contributed by atoms with van der Waals surface area (Å²) in [7, 11) is 2.96. The minimum absolute atomic E-state index is 0.0879. The molecule has 2 aromatic carbocycles. The number of pyridine rings is 1. The van der Waals surface area contributed by atoms with Crippen LogP contribution in [0.3, 0.4) is 0 Å². The second-order valence-corrected chi connectivity index (χ2v) is 10.8. The van der Waals surface area contributed by atoms with Gasteiger partial charge < -0.3 is 24.2 Å². The minimum atomic E-state index is -4.89. The van der Waals surface area contributed by atoms with E-state index in [1.807, 2.05) is 0 Å². The van der Waals surface area contributed by atoms with E-state index in [0.29, 0.717) is 17.3 Å². The number of likely N-dealkylation sites (tertiary alicyclic amines) is 1. The smallest absolute Gasteiger partial charge is 0.421 e. The second kappa shape index (κ2) is 14.1. The first-order valence-electron chi connectivity index (χ1n) is 13.6. The lowest BCUT2D eigenvalue weighted by Gasteiger charge is -2.34. The van der Waals surface area contributed by atoms with Crippen LogP contribution >= 0.6 is 11.6 Å². The molecule has 0 atom stereocenters. The molecule has 0 amide bonds. The molecule has 44 heavy (non-hydrogen) atoms. The number of hydrogen-bond donors (Lipinski definition) is 1. The fourth-order valence-electron chi connectivity index (χ4n) is 5.11. The minimum Gasteiger partial charge on any atom is -0.478 e. The topological polar surface area (TPSA) is 84.4 Å². The van der Waals surface area contributed by atoms with E-state index in [-0.39, 0.29) is 55.2 Å². The molecule has 0 radical (unpaired) electrons. The van der Waals surface area contributed by atoms with E-state index < -0.39 is 42.1 Å². The molecule has 4 rings (SSSR count). The number of piperidine rings is 1. The van der Waals surface area contributed by atoms with Crippen molar-refractivity contribution in [1.82, 2.24) is 9.88 Å². The Balaban J connectivity index is 1.69. The fraction of sp³-hybridized carbons (Fsp3) is 0.400. The predicted molar refractivity (Wildman–Crippen MR) is 153 cm³/mol. The fourth-order valence-corrected chi connectivity index (χ4v) is 5.23. The van der Waals surface area contributed by atoms with E-state index in [1.165, 1.54) is 31.3 Å². The van der Waals surface area contributed by atoms with Crippen molar-refractivity contribution in [2.24, 2.45) is 0 Å². The number of carbonyl (C=O) groups is 1. The molecule has 3 aromatic rings. The van der Waals surface area contributed by atoms with Crippen molar-refractivity contribution in [2.75, 3.05) is 45.4 Å². The van der Waals surface area contributed by atoms with Crippen LogP contribution in [-0.4, -0.2) is 73.4 Å². The van der Waals surface area contributed by atoms with Crippen LogP contribution < -0.4 is 9.64 Å². The molecule has 238 valence electrons. The number of hydrogen-bond acceptors (Lipinski definition) is 7. The van der Waals surface area contributed by atoms with E-state index in [9.17, 15) is 31.9 Å². The van der Waals surface area contributed by atoms with Gasteiger partial charge in [-0.25, -0.2) is 18.6 Å². The molecule has 0 unspecified atom stereocenters. The maximum atomic E-state index is 14.1. The number of nitrogens with zero attached hydrogens (tertiary/aromatic N) is 3. The second-order valence-electron chi connectivity index (χ2n) is 10.4. The number of ether oxygens (including phenoxy) is 3. The third-order valence-electron chi connectivity index (χ3n) is 6.95. The maximum Gasteiger partial charge on any atom is 0.421 e. The van der Waals surface area contributed by atoms with Crippen LogP contribution in [0.15, 0.2) is 54.7 Å². The largest absolute Gasteiger partial charge is 0.478 e. The lowest BCUT2D eigenvalue weighted by atomic mass is 10.1. The molecule has 14 heteroatoms. The van der Waals surface area contributed by atoms with Gasteiger partial charge in [0.2, 0.25) is 5.88 Å². The summed E-state index contributed by atoms with van der Waals surface area (Å²) in [6.45, 7) is -0.0850. The van der Waals surface area contributed by atoms with Crippen LogP contribution in [0, 0.1) is 0 Å². The van der Waals surface area contributed by atoms with Crippen molar-refractivity contribution in [1.29, 1.82) is 0 Å². The third kappa shape index (κ3) is 8.35. The van der Waals surface area contributed by atoms with Crippen molar-refractivity contribution in [3.8, 4) is 11.6 Å². The van der Waals surface area contributed by atoms with E-state index >= 15 is 0 Å². The SMILES string of the molecule is COCC(COC)N(c1ccc(Cl)cc1)c1ccc(Oc2ncc(CN3CCCC(F)(F)C3)cc2C(F)(F)F)cc1C(=O)O. The number of aromatic nitrogens is 1. The number of benzene rings is 2. The Bertz CT molecular complexity index is 1440. The zero-order chi connectivity index (χ0) is 32.1. The molecule has 2 heterocycles. The Morgan fingerprint density at radius 3 is 2.39 bits per heavy atom. The lowest BCUT2D eigenvalue weighted by molar-refractivity contribution is -0.139. The van der Waals surface area contributed by atoms with Crippen LogP contribution in [0.4, 0.5) is 33.3 Å². The summed E-state index contributed by atoms with van der Waals surface area (Å²) in [6, 6.07) is 10.8. The Morgan fingerprint density at radius 1 is 1.11 bits per heavy atom. The van der Waals surface area contributed by atoms with E-state index in [4.69, 9.17) is 25.8 Å². The highest BCUT2D eigenvalue weighted by Crippen LogP contribution is 2.40. The summed E-state index contributed by atoms with van der Waals surface area (Å²) >= 11 is 6.06. The monoisotopic (exact) mass is 643 g/mol. The Kier molecular flexibility index (Phi) is 10.7. The van der Waals surface area contributed by atoms with Crippen LogP contribution in [0.5, 0.6) is 11.6 Å². The summed E-state index contributed by atoms with van der Waals surface area (Å²) < 4.78 is 86.0. The van der Waals surface area contributed by atoms with Gasteiger partial charge in [0.15, 0.2) is 0 Å². The van der Waals surface area contributed by atoms with Gasteiger partial charge in [-0.15, -0.1) is 0 Å². The number of aromatic carboxylic acids is 1. The van der Waals surface area contributed by atoms with Gasteiger partial charge in [-0.2, -0.15) is 13.2 Å². The molecule has 0 aliphatic carbocycles. The van der Waals surface area contributed by atoms with Gasteiger partial charge in [-0.05, 0) is 67.1 Å². The molecule has 1 saturated heterocycles. The molecule has 1 aliphatic rings. The van der Waals surface area contributed by atoms with Crippen molar-refractivity contribution in [2.45, 2.75) is 37.5 Å². The first-order chi connectivity index (χ1) is 20.8. The Hall–Kier alpha value is -3.52. The molecule has 1 aliphatic heterocycles. The van der Waals surface area contributed by atoms with Crippen LogP contribution in [0.25, 0.3) is 0 Å². The van der Waals surface area contributed by atoms with Crippen LogP contribution in [0.1, 0.15) is 34.3 Å². The van der Waals surface area contributed by atoms with Crippen LogP contribution in [0.2, 0.25) is 5.02 Å². The molecule has 0 saturated carbocycles. The number of rotatable bonds is 12. The number of carboxylic acids is 1. The number of halogens is 6. The zero-order valence-corrected chi connectivity index (χ0v) is 24.7. The average molecular weight is 644 g/mol. The number of methoxy groups -OCH3 is 2. The Labute approximate surface area is 255 Å². The molecule has 0 spiro atoms. The summed E-state index contributed by atoms with van der Waals surface area (Å²) in [6.07, 6.45) is -3.80. The van der Waals surface area contributed by atoms with Gasteiger partial charge in [0, 0.05) is 44.1 Å². The third-order valence-corrected chi connectivity index (χ3v) is 7.20. The normalized spacial score (nSPS) is 15.4. The standard InChI is InChI=1S/C30H31ClF5N3O5/c1-42-16-22(17-43-2)39(21-6-4-20(31)5-7-21)26-9-8-23(13-24(26)28(40)41)44-27-25(30(34,35)36)12-19(14-37-27)15-38-11-3-10-29(32,33)18-38/h4-9,12-14,22H,3,10-11,15-18H2,1-2H3,(H,40,41). The first kappa shape index (κ1) is 33.4.